The van der Waals surface area contributed by atoms with Gasteiger partial charge in [-0.05, 0) is 17.7 Å². The molecule has 0 N–H and O–H groups in total. The number of rotatable bonds is 0. The zero-order chi connectivity index (χ0) is 10.8. The second-order valence-electron chi connectivity index (χ2n) is 3.88. The van der Waals surface area contributed by atoms with Crippen molar-refractivity contribution in [3.8, 4) is 5.75 Å². The number of hydrogen-bond acceptors (Lipinski definition) is 0. The van der Waals surface area contributed by atoms with E-state index in [0.29, 0.717) is 0 Å². The van der Waals surface area contributed by atoms with E-state index < -0.39 is 0 Å². The lowest BCUT2D eigenvalue weighted by Gasteiger charge is -2.11. The van der Waals surface area contributed by atoms with Crippen molar-refractivity contribution in [1.29, 1.82) is 0 Å². The largest absolute Gasteiger partial charge is 0.308 e. The number of hydrogen-bond donors (Lipinski definition) is 0. The number of carbonyl (C=O) groups excluding carboxylic acids is 1. The van der Waals surface area contributed by atoms with Gasteiger partial charge in [0.25, 0.3) is 5.75 Å². The summed E-state index contributed by atoms with van der Waals surface area (Å²) in [4.78, 5) is 0. The Labute approximate surface area is 95.1 Å². The molecule has 1 heteroatoms. The zero-order valence-corrected chi connectivity index (χ0v) is 8.89. The maximum absolute atomic E-state index is 5.70. The average molecular weight is 208 g/mol. The molecule has 0 aromatic heterocycles. The van der Waals surface area contributed by atoms with Crippen molar-refractivity contribution >= 4 is 6.29 Å². The predicted octanol–water partition coefficient (Wildman–Crippen LogP) is 3.56. The molecule has 0 aliphatic carbocycles. The molecule has 2 aromatic rings. The molecule has 0 spiro atoms. The van der Waals surface area contributed by atoms with Crippen molar-refractivity contribution in [3.05, 3.63) is 71.6 Å². The molecular formula is C15H12O. The predicted molar refractivity (Wildman–Crippen MR) is 64.8 cm³/mol. The first kappa shape index (κ1) is 9.22. The molecule has 3 rings (SSSR count). The van der Waals surface area contributed by atoms with Crippen LogP contribution >= 0.6 is 0 Å². The standard InChI is InChI=1S/C15H12O/c1-2-7-14-11-16-15-8-4-3-6-13(15)10-9-12(14)5-1/h1-8,10-11H,9H2. The summed E-state index contributed by atoms with van der Waals surface area (Å²) in [7, 11) is 0. The first-order valence-corrected chi connectivity index (χ1v) is 5.43. The van der Waals surface area contributed by atoms with Crippen molar-refractivity contribution in [1.82, 2.24) is 0 Å². The quantitative estimate of drug-likeness (QED) is 0.356. The molecule has 1 aliphatic rings. The summed E-state index contributed by atoms with van der Waals surface area (Å²) in [5, 5.41) is 0. The van der Waals surface area contributed by atoms with Gasteiger partial charge < -0.3 is 0 Å². The number of aldehydes is 1. The monoisotopic (exact) mass is 208 g/mol. The van der Waals surface area contributed by atoms with E-state index in [-0.39, 0.29) is 0 Å². The molecule has 1 heterocycles. The third kappa shape index (κ3) is 1.61. The molecular weight excluding hydrogens is 196 g/mol. The summed E-state index contributed by atoms with van der Waals surface area (Å²) in [6.45, 7) is 0. The summed E-state index contributed by atoms with van der Waals surface area (Å²) in [6.07, 6.45) is 5.00. The molecule has 0 saturated heterocycles. The van der Waals surface area contributed by atoms with Crippen molar-refractivity contribution in [2.24, 2.45) is 0 Å². The Kier molecular flexibility index (Phi) is 2.22. The molecule has 2 aromatic carbocycles. The van der Waals surface area contributed by atoms with E-state index >= 15 is 0 Å². The van der Waals surface area contributed by atoms with Crippen LogP contribution < -0.4 is 0 Å². The number of benzene rings is 2. The fourth-order valence-electron chi connectivity index (χ4n) is 1.94. The zero-order valence-electron chi connectivity index (χ0n) is 8.89. The van der Waals surface area contributed by atoms with Crippen LogP contribution in [0.4, 0.5) is 0 Å². The molecule has 0 fully saturated rings. The fourth-order valence-corrected chi connectivity index (χ4v) is 1.94. The van der Waals surface area contributed by atoms with Gasteiger partial charge in [-0.2, -0.15) is 12.5 Å². The van der Waals surface area contributed by atoms with Gasteiger partial charge in [0.05, 0.1) is 5.56 Å². The van der Waals surface area contributed by atoms with Crippen LogP contribution in [0.5, 0.6) is 5.75 Å². The highest BCUT2D eigenvalue weighted by molar-refractivity contribution is 5.78. The van der Waals surface area contributed by atoms with Gasteiger partial charge in [-0.3, -0.25) is 4.42 Å². The lowest BCUT2D eigenvalue weighted by Crippen LogP contribution is -1.97. The molecule has 0 unspecified atom stereocenters. The molecule has 16 heavy (non-hydrogen) atoms. The average Bonchev–Trinajstić information content (AvgIpc) is 2.32. The van der Waals surface area contributed by atoms with E-state index in [1.165, 1.54) is 5.56 Å². The number of para-hydroxylation sites is 1. The summed E-state index contributed by atoms with van der Waals surface area (Å²) >= 11 is 0. The van der Waals surface area contributed by atoms with Gasteiger partial charge in [0, 0.05) is 0 Å². The molecule has 0 saturated carbocycles. The highest BCUT2D eigenvalue weighted by atomic mass is 16.4. The molecule has 1 nitrogen and oxygen atoms in total. The molecule has 0 radical (unpaired) electrons. The van der Waals surface area contributed by atoms with E-state index in [9.17, 15) is 0 Å². The molecule has 78 valence electrons. The highest BCUT2D eigenvalue weighted by Crippen LogP contribution is 2.26. The van der Waals surface area contributed by atoms with Crippen LogP contribution in [0.25, 0.3) is 0 Å². The van der Waals surface area contributed by atoms with Crippen LogP contribution in [0.3, 0.4) is 0 Å². The highest BCUT2D eigenvalue weighted by Gasteiger charge is 2.09. The summed E-state index contributed by atoms with van der Waals surface area (Å²) in [5.41, 5.74) is 3.62. The Balaban J connectivity index is 2.10. The van der Waals surface area contributed by atoms with Gasteiger partial charge in [-0.1, -0.05) is 36.2 Å². The van der Waals surface area contributed by atoms with Gasteiger partial charge in [0.15, 0.2) is 0 Å². The molecule has 0 bridgehead atoms. The van der Waals surface area contributed by atoms with Crippen molar-refractivity contribution < 1.29 is 4.42 Å². The second-order valence-corrected chi connectivity index (χ2v) is 3.88. The van der Waals surface area contributed by atoms with Crippen LogP contribution in [-0.4, -0.2) is 6.29 Å². The minimum absolute atomic E-state index is 0.928. The van der Waals surface area contributed by atoms with E-state index in [0.717, 1.165) is 23.3 Å². The topological polar surface area (TPSA) is 11.3 Å². The van der Waals surface area contributed by atoms with E-state index in [2.05, 4.69) is 30.7 Å². The molecule has 0 atom stereocenters. The summed E-state index contributed by atoms with van der Waals surface area (Å²) < 4.78 is 5.70. The van der Waals surface area contributed by atoms with Crippen LogP contribution in [0.2, 0.25) is 0 Å². The minimum Gasteiger partial charge on any atom is -0.274 e. The van der Waals surface area contributed by atoms with Crippen LogP contribution in [-0.2, 0) is 6.42 Å². The van der Waals surface area contributed by atoms with Crippen LogP contribution in [0.1, 0.15) is 21.1 Å². The van der Waals surface area contributed by atoms with E-state index in [1.807, 2.05) is 30.6 Å². The molecule has 0 amide bonds. The van der Waals surface area contributed by atoms with Gasteiger partial charge in [-0.25, -0.2) is 0 Å². The lowest BCUT2D eigenvalue weighted by molar-refractivity contribution is -0.159. The van der Waals surface area contributed by atoms with Crippen LogP contribution in [0.15, 0.2) is 48.5 Å². The Morgan fingerprint density at radius 3 is 2.75 bits per heavy atom. The van der Waals surface area contributed by atoms with E-state index in [4.69, 9.17) is 4.42 Å². The Hall–Kier alpha value is -2.02. The SMILES string of the molecule is C1=[O+]c2ccccc2[CH-]Cc2ccccc21. The first-order chi connectivity index (χ1) is 7.93. The summed E-state index contributed by atoms with van der Waals surface area (Å²) in [6, 6.07) is 16.4. The number of fused-ring (bicyclic) bond motifs is 2. The van der Waals surface area contributed by atoms with Gasteiger partial charge >= 0.3 is 6.29 Å². The first-order valence-electron chi connectivity index (χ1n) is 5.43. The Morgan fingerprint density at radius 1 is 0.938 bits per heavy atom. The normalized spacial score (nSPS) is 13.0. The smallest absolute Gasteiger partial charge is 0.274 e. The Bertz CT molecular complexity index is 491. The molecule has 1 aliphatic heterocycles. The van der Waals surface area contributed by atoms with Gasteiger partial charge in [0.1, 0.15) is 0 Å². The third-order valence-electron chi connectivity index (χ3n) is 2.83. The fraction of sp³-hybridized carbons (Fsp3) is 0.0667. The second kappa shape index (κ2) is 3.86. The Morgan fingerprint density at radius 2 is 1.75 bits per heavy atom. The van der Waals surface area contributed by atoms with Crippen molar-refractivity contribution in [2.75, 3.05) is 0 Å². The van der Waals surface area contributed by atoms with Gasteiger partial charge in [0.2, 0.25) is 0 Å². The van der Waals surface area contributed by atoms with Crippen LogP contribution in [0, 0.1) is 6.42 Å². The minimum atomic E-state index is 0.928. The maximum atomic E-state index is 5.70. The lowest BCUT2D eigenvalue weighted by atomic mass is 9.99. The van der Waals surface area contributed by atoms with Crippen molar-refractivity contribution in [3.63, 3.8) is 0 Å². The summed E-state index contributed by atoms with van der Waals surface area (Å²) in [5.74, 6) is 0.928. The van der Waals surface area contributed by atoms with E-state index in [1.54, 1.807) is 0 Å². The van der Waals surface area contributed by atoms with Gasteiger partial charge in [-0.15, -0.1) is 6.07 Å². The van der Waals surface area contributed by atoms with Crippen molar-refractivity contribution in [2.45, 2.75) is 6.42 Å². The third-order valence-corrected chi connectivity index (χ3v) is 2.83. The maximum Gasteiger partial charge on any atom is 0.308 e.